The summed E-state index contributed by atoms with van der Waals surface area (Å²) >= 11 is 0. The van der Waals surface area contributed by atoms with Gasteiger partial charge in [-0.3, -0.25) is 0 Å². The van der Waals surface area contributed by atoms with Crippen molar-refractivity contribution >= 4 is 5.84 Å². The molecule has 14 heavy (non-hydrogen) atoms. The van der Waals surface area contributed by atoms with Crippen molar-refractivity contribution in [2.24, 2.45) is 4.99 Å². The van der Waals surface area contributed by atoms with Gasteiger partial charge >= 0.3 is 0 Å². The molecule has 1 aromatic rings. The van der Waals surface area contributed by atoms with Gasteiger partial charge in [0.1, 0.15) is 5.82 Å². The van der Waals surface area contributed by atoms with Gasteiger partial charge in [0.15, 0.2) is 5.84 Å². The molecular formula is C11H12N3. The summed E-state index contributed by atoms with van der Waals surface area (Å²) < 4.78 is 0. The van der Waals surface area contributed by atoms with Crippen LogP contribution in [0.5, 0.6) is 0 Å². The summed E-state index contributed by atoms with van der Waals surface area (Å²) in [4.78, 5) is 6.34. The maximum Gasteiger partial charge on any atom is 0.161 e. The lowest BCUT2D eigenvalue weighted by Gasteiger charge is -2.07. The fourth-order valence-corrected chi connectivity index (χ4v) is 1.23. The maximum absolute atomic E-state index is 4.39. The number of amidine groups is 1. The summed E-state index contributed by atoms with van der Waals surface area (Å²) in [6.07, 6.45) is 1.78. The molecule has 0 bridgehead atoms. The smallest absolute Gasteiger partial charge is 0.161 e. The lowest BCUT2D eigenvalue weighted by atomic mass is 10.2. The summed E-state index contributed by atoms with van der Waals surface area (Å²) in [6.45, 7) is 0. The molecule has 0 saturated heterocycles. The molecule has 1 aromatic carbocycles. The minimum Gasteiger partial charge on any atom is -0.361 e. The Bertz CT molecular complexity index is 377. The van der Waals surface area contributed by atoms with Crippen molar-refractivity contribution in [3.05, 3.63) is 47.9 Å². The number of rotatable bonds is 2. The lowest BCUT2D eigenvalue weighted by Crippen LogP contribution is -2.08. The summed E-state index contributed by atoms with van der Waals surface area (Å²) in [7, 11) is 3.91. The largest absolute Gasteiger partial charge is 0.361 e. The van der Waals surface area contributed by atoms with E-state index in [1.54, 1.807) is 6.20 Å². The molecule has 0 aliphatic carbocycles. The quantitative estimate of drug-likeness (QED) is 0.686. The first-order valence-corrected chi connectivity index (χ1v) is 4.50. The van der Waals surface area contributed by atoms with Crippen LogP contribution < -0.4 is 5.32 Å². The average Bonchev–Trinajstić information content (AvgIpc) is 2.68. The van der Waals surface area contributed by atoms with E-state index in [1.807, 2.05) is 49.3 Å². The van der Waals surface area contributed by atoms with Gasteiger partial charge in [0, 0.05) is 19.7 Å². The average molecular weight is 186 g/mol. The van der Waals surface area contributed by atoms with Gasteiger partial charge in [0.25, 0.3) is 0 Å². The van der Waals surface area contributed by atoms with Crippen LogP contribution in [0, 0.1) is 0 Å². The third kappa shape index (κ3) is 1.62. The SMILES string of the molecule is CN(C)C1=C[N]C(c2ccccc2)=N1. The van der Waals surface area contributed by atoms with Crippen LogP contribution in [0.25, 0.3) is 0 Å². The van der Waals surface area contributed by atoms with Gasteiger partial charge in [-0.15, -0.1) is 0 Å². The monoisotopic (exact) mass is 186 g/mol. The number of hydrogen-bond donors (Lipinski definition) is 0. The first-order chi connectivity index (χ1) is 6.77. The zero-order chi connectivity index (χ0) is 9.97. The second kappa shape index (κ2) is 3.54. The highest BCUT2D eigenvalue weighted by molar-refractivity contribution is 6.00. The number of benzene rings is 1. The predicted octanol–water partition coefficient (Wildman–Crippen LogP) is 1.41. The maximum atomic E-state index is 4.39. The van der Waals surface area contributed by atoms with Gasteiger partial charge in [0.05, 0.1) is 6.20 Å². The van der Waals surface area contributed by atoms with Crippen LogP contribution in [0.1, 0.15) is 5.56 Å². The van der Waals surface area contributed by atoms with E-state index < -0.39 is 0 Å². The molecule has 1 aliphatic rings. The van der Waals surface area contributed by atoms with E-state index in [9.17, 15) is 0 Å². The van der Waals surface area contributed by atoms with Crippen LogP contribution >= 0.6 is 0 Å². The van der Waals surface area contributed by atoms with Crippen molar-refractivity contribution in [1.82, 2.24) is 10.2 Å². The van der Waals surface area contributed by atoms with Gasteiger partial charge in [-0.05, 0) is 0 Å². The van der Waals surface area contributed by atoms with Gasteiger partial charge in [-0.2, -0.15) is 0 Å². The molecule has 1 radical (unpaired) electrons. The molecule has 0 unspecified atom stereocenters. The molecule has 3 nitrogen and oxygen atoms in total. The van der Waals surface area contributed by atoms with Crippen LogP contribution in [0.15, 0.2) is 47.3 Å². The van der Waals surface area contributed by atoms with E-state index in [0.717, 1.165) is 17.2 Å². The highest BCUT2D eigenvalue weighted by Gasteiger charge is 2.12. The van der Waals surface area contributed by atoms with Crippen molar-refractivity contribution in [2.75, 3.05) is 14.1 Å². The minimum atomic E-state index is 0.786. The van der Waals surface area contributed by atoms with Crippen molar-refractivity contribution in [2.45, 2.75) is 0 Å². The number of aliphatic imine (C=N–C) groups is 1. The summed E-state index contributed by atoms with van der Waals surface area (Å²) in [5.74, 6) is 1.68. The van der Waals surface area contributed by atoms with Gasteiger partial charge in [-0.25, -0.2) is 10.3 Å². The molecular weight excluding hydrogens is 174 g/mol. The highest BCUT2D eigenvalue weighted by atomic mass is 15.2. The van der Waals surface area contributed by atoms with Crippen LogP contribution in [0.2, 0.25) is 0 Å². The van der Waals surface area contributed by atoms with Crippen LogP contribution in [0.3, 0.4) is 0 Å². The van der Waals surface area contributed by atoms with E-state index in [0.29, 0.717) is 0 Å². The lowest BCUT2D eigenvalue weighted by molar-refractivity contribution is 0.508. The Hall–Kier alpha value is -1.77. The summed E-state index contributed by atoms with van der Waals surface area (Å²) in [5, 5.41) is 4.25. The molecule has 3 heteroatoms. The molecule has 2 rings (SSSR count). The van der Waals surface area contributed by atoms with Crippen molar-refractivity contribution < 1.29 is 0 Å². The Morgan fingerprint density at radius 2 is 1.79 bits per heavy atom. The molecule has 1 heterocycles. The highest BCUT2D eigenvalue weighted by Crippen LogP contribution is 2.11. The van der Waals surface area contributed by atoms with Crippen LogP contribution in [-0.4, -0.2) is 24.8 Å². The zero-order valence-corrected chi connectivity index (χ0v) is 8.31. The van der Waals surface area contributed by atoms with Gasteiger partial charge in [0.2, 0.25) is 0 Å². The predicted molar refractivity (Wildman–Crippen MR) is 56.9 cm³/mol. The van der Waals surface area contributed by atoms with E-state index >= 15 is 0 Å². The zero-order valence-electron chi connectivity index (χ0n) is 8.31. The third-order valence-corrected chi connectivity index (χ3v) is 2.01. The number of hydrogen-bond acceptors (Lipinski definition) is 2. The molecule has 1 aliphatic heterocycles. The van der Waals surface area contributed by atoms with E-state index in [4.69, 9.17) is 0 Å². The Kier molecular flexibility index (Phi) is 2.23. The van der Waals surface area contributed by atoms with Crippen molar-refractivity contribution in [3.63, 3.8) is 0 Å². The second-order valence-electron chi connectivity index (χ2n) is 3.31. The molecule has 0 aromatic heterocycles. The molecule has 0 atom stereocenters. The normalized spacial score (nSPS) is 14.4. The molecule has 0 N–H and O–H groups in total. The van der Waals surface area contributed by atoms with E-state index in [-0.39, 0.29) is 0 Å². The van der Waals surface area contributed by atoms with Gasteiger partial charge < -0.3 is 4.90 Å². The fourth-order valence-electron chi connectivity index (χ4n) is 1.23. The van der Waals surface area contributed by atoms with Crippen molar-refractivity contribution in [3.8, 4) is 0 Å². The summed E-state index contributed by atoms with van der Waals surface area (Å²) in [6, 6.07) is 9.98. The summed E-state index contributed by atoms with van der Waals surface area (Å²) in [5.41, 5.74) is 1.06. The Morgan fingerprint density at radius 3 is 2.36 bits per heavy atom. The van der Waals surface area contributed by atoms with Crippen LogP contribution in [-0.2, 0) is 0 Å². The Labute approximate surface area is 83.8 Å². The first kappa shape index (κ1) is 8.81. The molecule has 0 fully saturated rings. The Balaban J connectivity index is 2.22. The van der Waals surface area contributed by atoms with Crippen molar-refractivity contribution in [1.29, 1.82) is 0 Å². The van der Waals surface area contributed by atoms with E-state index in [2.05, 4.69) is 10.3 Å². The van der Waals surface area contributed by atoms with Gasteiger partial charge in [-0.1, -0.05) is 30.3 Å². The number of nitrogens with zero attached hydrogens (tertiary/aromatic N) is 3. The fraction of sp³-hybridized carbons (Fsp3) is 0.182. The molecule has 0 amide bonds. The topological polar surface area (TPSA) is 29.7 Å². The minimum absolute atomic E-state index is 0.786. The second-order valence-corrected chi connectivity index (χ2v) is 3.31. The Morgan fingerprint density at radius 1 is 1.07 bits per heavy atom. The molecule has 0 spiro atoms. The third-order valence-electron chi connectivity index (χ3n) is 2.01. The van der Waals surface area contributed by atoms with Crippen LogP contribution in [0.4, 0.5) is 0 Å². The van der Waals surface area contributed by atoms with E-state index in [1.165, 1.54) is 0 Å². The molecule has 0 saturated carbocycles. The molecule has 71 valence electrons. The first-order valence-electron chi connectivity index (χ1n) is 4.50. The standard InChI is InChI=1S/C11H12N3/c1-14(2)10-8-12-11(13-10)9-6-4-3-5-7-9/h3-8H,1-2H3.